The van der Waals surface area contributed by atoms with Crippen molar-refractivity contribution < 1.29 is 4.74 Å². The van der Waals surface area contributed by atoms with Gasteiger partial charge in [0.05, 0.1) is 6.61 Å². The summed E-state index contributed by atoms with van der Waals surface area (Å²) in [6.07, 6.45) is 5.73. The highest BCUT2D eigenvalue weighted by Gasteiger charge is 2.24. The molecule has 0 spiro atoms. The smallest absolute Gasteiger partial charge is 0.191 e. The zero-order valence-electron chi connectivity index (χ0n) is 17.5. The topological polar surface area (TPSA) is 48.9 Å². The molecule has 2 aliphatic heterocycles. The highest BCUT2D eigenvalue weighted by molar-refractivity contribution is 14.0. The molecular formula is C22H37IN4O. The van der Waals surface area contributed by atoms with Gasteiger partial charge in [-0.1, -0.05) is 31.2 Å². The van der Waals surface area contributed by atoms with E-state index < -0.39 is 0 Å². The van der Waals surface area contributed by atoms with Crippen molar-refractivity contribution in [2.75, 3.05) is 46.4 Å². The third-order valence-electron chi connectivity index (χ3n) is 5.83. The number of aryl methyl sites for hydroxylation is 1. The van der Waals surface area contributed by atoms with Gasteiger partial charge in [-0.3, -0.25) is 4.99 Å². The van der Waals surface area contributed by atoms with Crippen molar-refractivity contribution in [1.82, 2.24) is 15.5 Å². The minimum Gasteiger partial charge on any atom is -0.381 e. The number of hydrogen-bond acceptors (Lipinski definition) is 3. The summed E-state index contributed by atoms with van der Waals surface area (Å²) < 4.78 is 5.50. The Kier molecular flexibility index (Phi) is 10.6. The average molecular weight is 500 g/mol. The van der Waals surface area contributed by atoms with Crippen molar-refractivity contribution in [3.8, 4) is 0 Å². The van der Waals surface area contributed by atoms with E-state index in [1.54, 1.807) is 0 Å². The van der Waals surface area contributed by atoms with Gasteiger partial charge in [-0.15, -0.1) is 24.0 Å². The van der Waals surface area contributed by atoms with Crippen molar-refractivity contribution in [1.29, 1.82) is 0 Å². The first-order valence-corrected chi connectivity index (χ1v) is 10.6. The third-order valence-corrected chi connectivity index (χ3v) is 5.83. The molecule has 0 amide bonds. The lowest BCUT2D eigenvalue weighted by Crippen LogP contribution is -2.49. The van der Waals surface area contributed by atoms with Crippen LogP contribution in [0, 0.1) is 5.92 Å². The quantitative estimate of drug-likeness (QED) is 0.343. The van der Waals surface area contributed by atoms with E-state index in [1.807, 2.05) is 7.05 Å². The van der Waals surface area contributed by atoms with Gasteiger partial charge in [-0.05, 0) is 49.1 Å². The summed E-state index contributed by atoms with van der Waals surface area (Å²) in [4.78, 5) is 7.01. The van der Waals surface area contributed by atoms with E-state index in [0.717, 1.165) is 44.5 Å². The zero-order chi connectivity index (χ0) is 18.9. The molecule has 1 aromatic carbocycles. The van der Waals surface area contributed by atoms with Crippen molar-refractivity contribution in [2.45, 2.75) is 45.1 Å². The van der Waals surface area contributed by atoms with E-state index in [4.69, 9.17) is 4.74 Å². The molecule has 1 unspecified atom stereocenters. The molecule has 1 atom stereocenters. The van der Waals surface area contributed by atoms with Gasteiger partial charge in [0, 0.05) is 45.9 Å². The predicted octanol–water partition coefficient (Wildman–Crippen LogP) is 3.08. The van der Waals surface area contributed by atoms with Gasteiger partial charge < -0.3 is 20.3 Å². The molecule has 2 saturated heterocycles. The number of halogens is 1. The van der Waals surface area contributed by atoms with Gasteiger partial charge in [-0.25, -0.2) is 0 Å². The summed E-state index contributed by atoms with van der Waals surface area (Å²) in [5, 5.41) is 7.08. The monoisotopic (exact) mass is 500 g/mol. The van der Waals surface area contributed by atoms with Gasteiger partial charge in [0.15, 0.2) is 5.96 Å². The lowest BCUT2D eigenvalue weighted by Gasteiger charge is -2.34. The Morgan fingerprint density at radius 1 is 1.14 bits per heavy atom. The summed E-state index contributed by atoms with van der Waals surface area (Å²) in [7, 11) is 1.86. The number of likely N-dealkylation sites (tertiary alicyclic amines) is 1. The van der Waals surface area contributed by atoms with Crippen LogP contribution in [-0.4, -0.2) is 63.3 Å². The Bertz CT molecular complexity index is 579. The first-order chi connectivity index (χ1) is 13.3. The molecule has 28 heavy (non-hydrogen) atoms. The van der Waals surface area contributed by atoms with Crippen LogP contribution in [-0.2, 0) is 17.6 Å². The Balaban J connectivity index is 0.00000280. The van der Waals surface area contributed by atoms with Gasteiger partial charge in [-0.2, -0.15) is 0 Å². The lowest BCUT2D eigenvalue weighted by molar-refractivity contribution is 0.150. The van der Waals surface area contributed by atoms with Crippen LogP contribution in [0.15, 0.2) is 29.3 Å². The van der Waals surface area contributed by atoms with Crippen LogP contribution >= 0.6 is 24.0 Å². The molecule has 0 aliphatic carbocycles. The van der Waals surface area contributed by atoms with Crippen LogP contribution < -0.4 is 10.6 Å². The van der Waals surface area contributed by atoms with E-state index in [-0.39, 0.29) is 24.0 Å². The first kappa shape index (κ1) is 23.4. The SMILES string of the molecule is CCc1ccc(CCNC(=NC)NC2CCN(CC3CCOC3)CC2)cc1.I. The molecule has 0 bridgehead atoms. The number of piperidine rings is 1. The summed E-state index contributed by atoms with van der Waals surface area (Å²) in [5.74, 6) is 1.68. The Hall–Kier alpha value is -0.860. The minimum absolute atomic E-state index is 0. The fourth-order valence-electron chi connectivity index (χ4n) is 4.01. The van der Waals surface area contributed by atoms with Crippen molar-refractivity contribution in [3.63, 3.8) is 0 Å². The second-order valence-electron chi connectivity index (χ2n) is 7.87. The number of guanidine groups is 1. The van der Waals surface area contributed by atoms with Crippen molar-refractivity contribution in [3.05, 3.63) is 35.4 Å². The van der Waals surface area contributed by atoms with Gasteiger partial charge in [0.1, 0.15) is 0 Å². The number of hydrogen-bond donors (Lipinski definition) is 2. The van der Waals surface area contributed by atoms with Crippen molar-refractivity contribution >= 4 is 29.9 Å². The van der Waals surface area contributed by atoms with Crippen molar-refractivity contribution in [2.24, 2.45) is 10.9 Å². The number of rotatable bonds is 7. The number of ether oxygens (including phenoxy) is 1. The molecule has 0 saturated carbocycles. The van der Waals surface area contributed by atoms with E-state index in [2.05, 4.69) is 51.7 Å². The molecule has 2 aliphatic rings. The molecule has 158 valence electrons. The van der Waals surface area contributed by atoms with E-state index >= 15 is 0 Å². The molecule has 2 N–H and O–H groups in total. The summed E-state index contributed by atoms with van der Waals surface area (Å²) in [5.41, 5.74) is 2.77. The largest absolute Gasteiger partial charge is 0.381 e. The second kappa shape index (κ2) is 12.6. The lowest BCUT2D eigenvalue weighted by atomic mass is 10.0. The summed E-state index contributed by atoms with van der Waals surface area (Å²) >= 11 is 0. The van der Waals surface area contributed by atoms with Crippen LogP contribution in [0.2, 0.25) is 0 Å². The fraction of sp³-hybridized carbons (Fsp3) is 0.682. The van der Waals surface area contributed by atoms with Gasteiger partial charge in [0.2, 0.25) is 0 Å². The van der Waals surface area contributed by atoms with Crippen LogP contribution in [0.4, 0.5) is 0 Å². The maximum Gasteiger partial charge on any atom is 0.191 e. The Morgan fingerprint density at radius 2 is 1.86 bits per heavy atom. The normalized spacial score (nSPS) is 21.4. The van der Waals surface area contributed by atoms with E-state index in [9.17, 15) is 0 Å². The van der Waals surface area contributed by atoms with Crippen LogP contribution in [0.1, 0.15) is 37.3 Å². The predicted molar refractivity (Wildman–Crippen MR) is 128 cm³/mol. The molecule has 1 aromatic rings. The molecule has 6 heteroatoms. The highest BCUT2D eigenvalue weighted by Crippen LogP contribution is 2.17. The van der Waals surface area contributed by atoms with Crippen LogP contribution in [0.5, 0.6) is 0 Å². The van der Waals surface area contributed by atoms with Gasteiger partial charge >= 0.3 is 0 Å². The van der Waals surface area contributed by atoms with Gasteiger partial charge in [0.25, 0.3) is 0 Å². The maximum atomic E-state index is 5.50. The maximum absolute atomic E-state index is 5.50. The molecule has 3 rings (SSSR count). The number of aliphatic imine (C=N–C) groups is 1. The minimum atomic E-state index is 0. The number of nitrogens with zero attached hydrogens (tertiary/aromatic N) is 2. The molecule has 2 heterocycles. The third kappa shape index (κ3) is 7.52. The molecule has 2 fully saturated rings. The molecule has 0 radical (unpaired) electrons. The van der Waals surface area contributed by atoms with Crippen LogP contribution in [0.3, 0.4) is 0 Å². The first-order valence-electron chi connectivity index (χ1n) is 10.6. The fourth-order valence-corrected chi connectivity index (χ4v) is 4.01. The van der Waals surface area contributed by atoms with E-state index in [0.29, 0.717) is 6.04 Å². The summed E-state index contributed by atoms with van der Waals surface area (Å²) in [6, 6.07) is 9.46. The Morgan fingerprint density at radius 3 is 2.46 bits per heavy atom. The van der Waals surface area contributed by atoms with E-state index in [1.165, 1.54) is 50.0 Å². The highest BCUT2D eigenvalue weighted by atomic mass is 127. The molecule has 0 aromatic heterocycles. The number of benzene rings is 1. The zero-order valence-corrected chi connectivity index (χ0v) is 19.8. The Labute approximate surface area is 187 Å². The summed E-state index contributed by atoms with van der Waals surface area (Å²) in [6.45, 7) is 8.56. The number of nitrogens with one attached hydrogen (secondary N) is 2. The molecular weight excluding hydrogens is 463 g/mol. The standard InChI is InChI=1S/C22H36N4O.HI/c1-3-18-4-6-19(7-5-18)8-12-24-22(23-2)25-21-9-13-26(14-10-21)16-20-11-15-27-17-20;/h4-7,20-21H,3,8-17H2,1-2H3,(H2,23,24,25);1H. The van der Waals surface area contributed by atoms with Crippen LogP contribution in [0.25, 0.3) is 0 Å². The average Bonchev–Trinajstić information content (AvgIpc) is 3.22. The molecule has 5 nitrogen and oxygen atoms in total. The second-order valence-corrected chi connectivity index (χ2v) is 7.87.